The summed E-state index contributed by atoms with van der Waals surface area (Å²) in [5.41, 5.74) is 1.33. The third-order valence-electron chi connectivity index (χ3n) is 7.75. The van der Waals surface area contributed by atoms with Gasteiger partial charge in [-0.2, -0.15) is 0 Å². The molecule has 170 valence electrons. The van der Waals surface area contributed by atoms with Gasteiger partial charge in [0.25, 0.3) is 0 Å². The number of hydrogen-bond acceptors (Lipinski definition) is 3. The smallest absolute Gasteiger partial charge is 0.241 e. The van der Waals surface area contributed by atoms with Crippen molar-refractivity contribution in [3.8, 4) is 0 Å². The van der Waals surface area contributed by atoms with Crippen molar-refractivity contribution in [1.82, 2.24) is 4.72 Å². The first kappa shape index (κ1) is 21.7. The van der Waals surface area contributed by atoms with Gasteiger partial charge in [-0.05, 0) is 92.5 Å². The number of anilines is 1. The molecule has 0 spiro atoms. The van der Waals surface area contributed by atoms with E-state index >= 15 is 0 Å². The summed E-state index contributed by atoms with van der Waals surface area (Å²) in [4.78, 5) is 13.1. The normalized spacial score (nSPS) is 29.6. The number of carbonyl (C=O) groups is 1. The van der Waals surface area contributed by atoms with Gasteiger partial charge in [-0.25, -0.2) is 13.1 Å². The van der Waals surface area contributed by atoms with E-state index in [2.05, 4.69) is 10.0 Å². The van der Waals surface area contributed by atoms with Crippen LogP contribution in [0.1, 0.15) is 63.4 Å². The topological polar surface area (TPSA) is 75.3 Å². The summed E-state index contributed by atoms with van der Waals surface area (Å²) in [6, 6.07) is 16.3. The van der Waals surface area contributed by atoms with E-state index in [-0.39, 0.29) is 22.3 Å². The Kier molecular flexibility index (Phi) is 5.62. The third kappa shape index (κ3) is 4.23. The SMILES string of the molecule is CCC(C(=O)Nc1ccc(S(=O)(=O)NC23CC4CC(CC(C4)C2)C3)cc1)c1ccccc1. The van der Waals surface area contributed by atoms with Gasteiger partial charge >= 0.3 is 0 Å². The summed E-state index contributed by atoms with van der Waals surface area (Å²) in [5, 5.41) is 2.94. The molecule has 4 aliphatic carbocycles. The first-order valence-electron chi connectivity index (χ1n) is 11.9. The molecule has 2 aromatic rings. The number of benzene rings is 2. The standard InChI is InChI=1S/C26H32N2O3S/c1-2-24(21-6-4-3-5-7-21)25(29)27-22-8-10-23(11-9-22)32(30,31)28-26-15-18-12-19(16-26)14-20(13-18)17-26/h3-11,18-20,24,28H,2,12-17H2,1H3,(H,27,29). The molecule has 1 amide bonds. The van der Waals surface area contributed by atoms with E-state index in [9.17, 15) is 13.2 Å². The molecule has 6 heteroatoms. The first-order valence-corrected chi connectivity index (χ1v) is 13.3. The second-order valence-electron chi connectivity index (χ2n) is 10.2. The maximum absolute atomic E-state index is 13.2. The van der Waals surface area contributed by atoms with E-state index < -0.39 is 10.0 Å². The minimum Gasteiger partial charge on any atom is -0.326 e. The van der Waals surface area contributed by atoms with Crippen molar-refractivity contribution in [1.29, 1.82) is 0 Å². The summed E-state index contributed by atoms with van der Waals surface area (Å²) < 4.78 is 29.5. The number of carbonyl (C=O) groups excluding carboxylic acids is 1. The van der Waals surface area contributed by atoms with Gasteiger partial charge in [0.1, 0.15) is 0 Å². The van der Waals surface area contributed by atoms with Gasteiger partial charge in [-0.3, -0.25) is 4.79 Å². The Balaban J connectivity index is 1.27. The van der Waals surface area contributed by atoms with Crippen LogP contribution in [0.2, 0.25) is 0 Å². The lowest BCUT2D eigenvalue weighted by atomic mass is 9.53. The van der Waals surface area contributed by atoms with E-state index in [1.165, 1.54) is 19.3 Å². The van der Waals surface area contributed by atoms with Crippen LogP contribution in [-0.4, -0.2) is 19.9 Å². The summed E-state index contributed by atoms with van der Waals surface area (Å²) in [6.45, 7) is 1.99. The van der Waals surface area contributed by atoms with Gasteiger partial charge in [0.15, 0.2) is 0 Å². The molecule has 5 nitrogen and oxygen atoms in total. The summed E-state index contributed by atoms with van der Waals surface area (Å²) >= 11 is 0. The minimum atomic E-state index is -3.59. The Morgan fingerprint density at radius 3 is 2.03 bits per heavy atom. The van der Waals surface area contributed by atoms with Crippen molar-refractivity contribution < 1.29 is 13.2 Å². The summed E-state index contributed by atoms with van der Waals surface area (Å²) in [6.07, 6.45) is 7.45. The zero-order valence-electron chi connectivity index (χ0n) is 18.6. The highest BCUT2D eigenvalue weighted by atomic mass is 32.2. The highest BCUT2D eigenvalue weighted by molar-refractivity contribution is 7.89. The molecule has 2 aromatic carbocycles. The van der Waals surface area contributed by atoms with Crippen LogP contribution in [0.15, 0.2) is 59.5 Å². The lowest BCUT2D eigenvalue weighted by molar-refractivity contribution is -0.117. The molecule has 6 rings (SSSR count). The fraction of sp³-hybridized carbons (Fsp3) is 0.500. The van der Waals surface area contributed by atoms with Gasteiger partial charge in [0.2, 0.25) is 15.9 Å². The van der Waals surface area contributed by atoms with Gasteiger partial charge in [-0.15, -0.1) is 0 Å². The van der Waals surface area contributed by atoms with Crippen LogP contribution in [0.3, 0.4) is 0 Å². The number of amides is 1. The van der Waals surface area contributed by atoms with Crippen LogP contribution in [0, 0.1) is 17.8 Å². The molecule has 0 heterocycles. The molecule has 4 fully saturated rings. The molecule has 32 heavy (non-hydrogen) atoms. The Morgan fingerprint density at radius 1 is 0.938 bits per heavy atom. The van der Waals surface area contributed by atoms with Crippen molar-refractivity contribution in [2.45, 2.75) is 68.2 Å². The molecular weight excluding hydrogens is 420 g/mol. The Bertz CT molecular complexity index is 1040. The molecule has 1 atom stereocenters. The van der Waals surface area contributed by atoms with Crippen LogP contribution in [0.5, 0.6) is 0 Å². The average molecular weight is 453 g/mol. The maximum Gasteiger partial charge on any atom is 0.241 e. The molecule has 0 aliphatic heterocycles. The van der Waals surface area contributed by atoms with E-state index in [0.717, 1.165) is 24.8 Å². The largest absolute Gasteiger partial charge is 0.326 e. The van der Waals surface area contributed by atoms with Crippen LogP contribution < -0.4 is 10.0 Å². The molecule has 4 saturated carbocycles. The number of sulfonamides is 1. The van der Waals surface area contributed by atoms with Crippen molar-refractivity contribution >= 4 is 21.6 Å². The van der Waals surface area contributed by atoms with E-state index in [0.29, 0.717) is 29.9 Å². The number of hydrogen-bond donors (Lipinski definition) is 2. The average Bonchev–Trinajstić information content (AvgIpc) is 2.74. The van der Waals surface area contributed by atoms with Crippen LogP contribution in [-0.2, 0) is 14.8 Å². The summed E-state index contributed by atoms with van der Waals surface area (Å²) in [5.74, 6) is 1.71. The highest BCUT2D eigenvalue weighted by Gasteiger charge is 2.52. The first-order chi connectivity index (χ1) is 15.4. The fourth-order valence-corrected chi connectivity index (χ4v) is 8.22. The second-order valence-corrected chi connectivity index (χ2v) is 11.9. The maximum atomic E-state index is 13.2. The van der Waals surface area contributed by atoms with Gasteiger partial charge in [0, 0.05) is 11.2 Å². The van der Waals surface area contributed by atoms with Crippen LogP contribution in [0.25, 0.3) is 0 Å². The van der Waals surface area contributed by atoms with Crippen LogP contribution >= 0.6 is 0 Å². The molecular formula is C26H32N2O3S. The predicted octanol–water partition coefficient (Wildman–Crippen LogP) is 5.07. The Morgan fingerprint density at radius 2 is 1.50 bits per heavy atom. The lowest BCUT2D eigenvalue weighted by Gasteiger charge is -2.56. The molecule has 4 bridgehead atoms. The summed E-state index contributed by atoms with van der Waals surface area (Å²) in [7, 11) is -3.59. The van der Waals surface area contributed by atoms with E-state index in [1.807, 2.05) is 37.3 Å². The number of rotatable bonds is 7. The van der Waals surface area contributed by atoms with Crippen molar-refractivity contribution in [2.75, 3.05) is 5.32 Å². The third-order valence-corrected chi connectivity index (χ3v) is 9.34. The monoisotopic (exact) mass is 452 g/mol. The van der Waals surface area contributed by atoms with Gasteiger partial charge in [-0.1, -0.05) is 37.3 Å². The zero-order chi connectivity index (χ0) is 22.3. The lowest BCUT2D eigenvalue weighted by Crippen LogP contribution is -2.59. The van der Waals surface area contributed by atoms with Gasteiger partial charge in [0.05, 0.1) is 10.8 Å². The molecule has 0 radical (unpaired) electrons. The minimum absolute atomic E-state index is 0.0824. The zero-order valence-corrected chi connectivity index (χ0v) is 19.4. The molecule has 0 aromatic heterocycles. The Hall–Kier alpha value is -2.18. The van der Waals surface area contributed by atoms with Crippen molar-refractivity contribution in [3.63, 3.8) is 0 Å². The molecule has 0 saturated heterocycles. The van der Waals surface area contributed by atoms with Gasteiger partial charge < -0.3 is 5.32 Å². The molecule has 2 N–H and O–H groups in total. The molecule has 4 aliphatic rings. The quantitative estimate of drug-likeness (QED) is 0.616. The number of nitrogens with one attached hydrogen (secondary N) is 2. The van der Waals surface area contributed by atoms with E-state index in [4.69, 9.17) is 0 Å². The second kappa shape index (κ2) is 8.31. The highest BCUT2D eigenvalue weighted by Crippen LogP contribution is 2.56. The predicted molar refractivity (Wildman–Crippen MR) is 126 cm³/mol. The van der Waals surface area contributed by atoms with Crippen LogP contribution in [0.4, 0.5) is 5.69 Å². The molecule has 1 unspecified atom stereocenters. The van der Waals surface area contributed by atoms with Crippen molar-refractivity contribution in [3.05, 3.63) is 60.2 Å². The fourth-order valence-electron chi connectivity index (χ4n) is 6.78. The Labute approximate surface area is 191 Å². The van der Waals surface area contributed by atoms with Crippen molar-refractivity contribution in [2.24, 2.45) is 17.8 Å². The van der Waals surface area contributed by atoms with E-state index in [1.54, 1.807) is 24.3 Å².